The molecular formula is C17H15FO2. The van der Waals surface area contributed by atoms with E-state index in [-0.39, 0.29) is 11.6 Å². The Kier molecular flexibility index (Phi) is 4.31. The average molecular weight is 270 g/mol. The Labute approximate surface area is 117 Å². The maximum atomic E-state index is 12.8. The smallest absolute Gasteiger partial charge is 0.193 e. The molecule has 0 aromatic heterocycles. The van der Waals surface area contributed by atoms with Crippen molar-refractivity contribution in [3.05, 3.63) is 77.6 Å². The van der Waals surface area contributed by atoms with Gasteiger partial charge in [-0.1, -0.05) is 6.58 Å². The van der Waals surface area contributed by atoms with Crippen LogP contribution in [0.2, 0.25) is 0 Å². The van der Waals surface area contributed by atoms with Crippen LogP contribution in [0.5, 0.6) is 5.75 Å². The van der Waals surface area contributed by atoms with Crippen LogP contribution in [0.15, 0.2) is 60.7 Å². The molecule has 0 heterocycles. The molecule has 0 saturated heterocycles. The molecule has 2 aromatic carbocycles. The lowest BCUT2D eigenvalue weighted by Gasteiger charge is -2.06. The highest BCUT2D eigenvalue weighted by molar-refractivity contribution is 6.08. The van der Waals surface area contributed by atoms with Gasteiger partial charge in [0.15, 0.2) is 5.78 Å². The summed E-state index contributed by atoms with van der Waals surface area (Å²) in [5.41, 5.74) is 1.93. The summed E-state index contributed by atoms with van der Waals surface area (Å²) < 4.78 is 18.3. The zero-order valence-corrected chi connectivity index (χ0v) is 11.2. The Bertz CT molecular complexity index is 612. The molecule has 0 unspecified atom stereocenters. The van der Waals surface area contributed by atoms with Crippen molar-refractivity contribution in [3.63, 3.8) is 0 Å². The highest BCUT2D eigenvalue weighted by Gasteiger charge is 2.09. The van der Waals surface area contributed by atoms with Gasteiger partial charge in [-0.2, -0.15) is 0 Å². The van der Waals surface area contributed by atoms with Crippen molar-refractivity contribution in [2.75, 3.05) is 6.61 Å². The van der Waals surface area contributed by atoms with Gasteiger partial charge in [-0.05, 0) is 61.0 Å². The lowest BCUT2D eigenvalue weighted by Crippen LogP contribution is -2.02. The molecule has 2 nitrogen and oxygen atoms in total. The molecule has 2 aromatic rings. The fourth-order valence-corrected chi connectivity index (χ4v) is 1.68. The van der Waals surface area contributed by atoms with Crippen molar-refractivity contribution < 1.29 is 13.9 Å². The first-order chi connectivity index (χ1) is 9.56. The molecule has 3 heteroatoms. The maximum absolute atomic E-state index is 12.8. The Morgan fingerprint density at radius 2 is 1.55 bits per heavy atom. The van der Waals surface area contributed by atoms with Gasteiger partial charge in [0.1, 0.15) is 18.2 Å². The topological polar surface area (TPSA) is 26.3 Å². The minimum absolute atomic E-state index is 0.142. The summed E-state index contributed by atoms with van der Waals surface area (Å²) in [5, 5.41) is 0. The third-order valence-corrected chi connectivity index (χ3v) is 2.71. The van der Waals surface area contributed by atoms with Crippen LogP contribution in [0.4, 0.5) is 4.39 Å². The molecule has 0 saturated carbocycles. The number of benzene rings is 2. The molecule has 102 valence electrons. The number of rotatable bonds is 5. The Morgan fingerprint density at radius 3 is 2.05 bits per heavy atom. The van der Waals surface area contributed by atoms with Crippen LogP contribution >= 0.6 is 0 Å². The van der Waals surface area contributed by atoms with Crippen LogP contribution < -0.4 is 4.74 Å². The van der Waals surface area contributed by atoms with Crippen molar-refractivity contribution in [3.8, 4) is 5.75 Å². The van der Waals surface area contributed by atoms with Gasteiger partial charge < -0.3 is 4.74 Å². The van der Waals surface area contributed by atoms with Crippen LogP contribution in [0, 0.1) is 5.82 Å². The normalized spacial score (nSPS) is 10.1. The van der Waals surface area contributed by atoms with Crippen molar-refractivity contribution >= 4 is 5.78 Å². The first-order valence-electron chi connectivity index (χ1n) is 6.24. The van der Waals surface area contributed by atoms with E-state index in [9.17, 15) is 9.18 Å². The predicted octanol–water partition coefficient (Wildman–Crippen LogP) is 4.01. The van der Waals surface area contributed by atoms with Crippen LogP contribution in [0.3, 0.4) is 0 Å². The van der Waals surface area contributed by atoms with E-state index >= 15 is 0 Å². The predicted molar refractivity (Wildman–Crippen MR) is 76.6 cm³/mol. The zero-order chi connectivity index (χ0) is 14.5. The molecule has 0 fully saturated rings. The van der Waals surface area contributed by atoms with Gasteiger partial charge in [0.25, 0.3) is 0 Å². The molecule has 0 atom stereocenters. The number of carbonyl (C=O) groups is 1. The third kappa shape index (κ3) is 3.54. The highest BCUT2D eigenvalue weighted by atomic mass is 19.1. The van der Waals surface area contributed by atoms with Crippen molar-refractivity contribution in [2.24, 2.45) is 0 Å². The Hall–Kier alpha value is -2.42. The summed E-state index contributed by atoms with van der Waals surface area (Å²) in [6, 6.07) is 12.4. The third-order valence-electron chi connectivity index (χ3n) is 2.71. The zero-order valence-electron chi connectivity index (χ0n) is 11.2. The first-order valence-corrected chi connectivity index (χ1v) is 6.24. The summed E-state index contributed by atoms with van der Waals surface area (Å²) in [4.78, 5) is 12.2. The molecule has 0 spiro atoms. The van der Waals surface area contributed by atoms with Crippen LogP contribution in [0.1, 0.15) is 22.8 Å². The molecule has 0 aliphatic carbocycles. The lowest BCUT2D eigenvalue weighted by atomic mass is 10.0. The van der Waals surface area contributed by atoms with Gasteiger partial charge in [-0.25, -0.2) is 4.39 Å². The standard InChI is InChI=1S/C17H15FO2/c1-12(2)11-20-16-9-5-14(6-10-16)17(19)13-3-7-15(18)8-4-13/h3-10H,1,11H2,2H3. The monoisotopic (exact) mass is 270 g/mol. The molecule has 0 radical (unpaired) electrons. The number of hydrogen-bond donors (Lipinski definition) is 0. The van der Waals surface area contributed by atoms with Crippen molar-refractivity contribution in [1.82, 2.24) is 0 Å². The van der Waals surface area contributed by atoms with E-state index in [1.807, 2.05) is 6.92 Å². The van der Waals surface area contributed by atoms with Gasteiger partial charge in [-0.3, -0.25) is 4.79 Å². The molecule has 0 amide bonds. The quantitative estimate of drug-likeness (QED) is 0.606. The summed E-state index contributed by atoms with van der Waals surface area (Å²) in [7, 11) is 0. The molecule has 2 rings (SSSR count). The van der Waals surface area contributed by atoms with E-state index in [0.717, 1.165) is 5.57 Å². The SMILES string of the molecule is C=C(C)COc1ccc(C(=O)c2ccc(F)cc2)cc1. The van der Waals surface area contributed by atoms with Gasteiger partial charge in [0.2, 0.25) is 0 Å². The van der Waals surface area contributed by atoms with E-state index in [1.165, 1.54) is 24.3 Å². The summed E-state index contributed by atoms with van der Waals surface area (Å²) in [5.74, 6) is 0.185. The van der Waals surface area contributed by atoms with Crippen LogP contribution in [0.25, 0.3) is 0 Å². The Morgan fingerprint density at radius 1 is 1.05 bits per heavy atom. The number of hydrogen-bond acceptors (Lipinski definition) is 2. The fraction of sp³-hybridized carbons (Fsp3) is 0.118. The van der Waals surface area contributed by atoms with E-state index in [1.54, 1.807) is 24.3 Å². The first kappa shape index (κ1) is 14.0. The van der Waals surface area contributed by atoms with E-state index in [4.69, 9.17) is 4.74 Å². The van der Waals surface area contributed by atoms with Gasteiger partial charge in [0, 0.05) is 11.1 Å². The minimum atomic E-state index is -0.356. The summed E-state index contributed by atoms with van der Waals surface area (Å²) >= 11 is 0. The second kappa shape index (κ2) is 6.15. The van der Waals surface area contributed by atoms with E-state index in [0.29, 0.717) is 23.5 Å². The fourth-order valence-electron chi connectivity index (χ4n) is 1.68. The number of ketones is 1. The average Bonchev–Trinajstić information content (AvgIpc) is 2.46. The largest absolute Gasteiger partial charge is 0.489 e. The number of halogens is 1. The molecule has 0 aliphatic rings. The molecule has 0 bridgehead atoms. The molecule has 0 aliphatic heterocycles. The second-order valence-corrected chi connectivity index (χ2v) is 4.61. The van der Waals surface area contributed by atoms with Crippen molar-refractivity contribution in [1.29, 1.82) is 0 Å². The van der Waals surface area contributed by atoms with Crippen LogP contribution in [-0.2, 0) is 0 Å². The maximum Gasteiger partial charge on any atom is 0.193 e. The lowest BCUT2D eigenvalue weighted by molar-refractivity contribution is 0.103. The van der Waals surface area contributed by atoms with Gasteiger partial charge in [-0.15, -0.1) is 0 Å². The Balaban J connectivity index is 2.11. The van der Waals surface area contributed by atoms with Gasteiger partial charge in [0.05, 0.1) is 0 Å². The van der Waals surface area contributed by atoms with Crippen LogP contribution in [-0.4, -0.2) is 12.4 Å². The van der Waals surface area contributed by atoms with Gasteiger partial charge >= 0.3 is 0 Å². The molecule has 0 N–H and O–H groups in total. The minimum Gasteiger partial charge on any atom is -0.489 e. The summed E-state index contributed by atoms with van der Waals surface area (Å²) in [6.45, 7) is 6.08. The highest BCUT2D eigenvalue weighted by Crippen LogP contribution is 2.16. The number of ether oxygens (including phenoxy) is 1. The van der Waals surface area contributed by atoms with E-state index < -0.39 is 0 Å². The molecule has 20 heavy (non-hydrogen) atoms. The van der Waals surface area contributed by atoms with E-state index in [2.05, 4.69) is 6.58 Å². The summed E-state index contributed by atoms with van der Waals surface area (Å²) in [6.07, 6.45) is 0. The molecular weight excluding hydrogens is 255 g/mol. The second-order valence-electron chi connectivity index (χ2n) is 4.61. The number of carbonyl (C=O) groups excluding carboxylic acids is 1. The van der Waals surface area contributed by atoms with Crippen molar-refractivity contribution in [2.45, 2.75) is 6.92 Å².